The first-order valence-electron chi connectivity index (χ1n) is 6.24. The van der Waals surface area contributed by atoms with Crippen LogP contribution in [0.1, 0.15) is 6.92 Å². The highest BCUT2D eigenvalue weighted by molar-refractivity contribution is 5.90. The van der Waals surface area contributed by atoms with Crippen LogP contribution in [0.4, 0.5) is 21.0 Å². The lowest BCUT2D eigenvalue weighted by Crippen LogP contribution is -2.31. The van der Waals surface area contributed by atoms with Gasteiger partial charge in [0.1, 0.15) is 0 Å². The molecular formula is C13H19N3O4. The van der Waals surface area contributed by atoms with Crippen LogP contribution in [-0.4, -0.2) is 44.0 Å². The van der Waals surface area contributed by atoms with Gasteiger partial charge in [0, 0.05) is 25.0 Å². The van der Waals surface area contributed by atoms with Crippen molar-refractivity contribution < 1.29 is 19.4 Å². The van der Waals surface area contributed by atoms with Gasteiger partial charge < -0.3 is 20.5 Å². The van der Waals surface area contributed by atoms with Crippen molar-refractivity contribution >= 4 is 23.5 Å². The molecule has 110 valence electrons. The largest absolute Gasteiger partial charge is 0.449 e. The summed E-state index contributed by atoms with van der Waals surface area (Å²) in [7, 11) is 1.61. The molecule has 0 radical (unpaired) electrons. The van der Waals surface area contributed by atoms with Crippen LogP contribution in [0, 0.1) is 0 Å². The molecule has 7 heteroatoms. The van der Waals surface area contributed by atoms with Crippen LogP contribution in [0.2, 0.25) is 0 Å². The van der Waals surface area contributed by atoms with Gasteiger partial charge in [0.25, 0.3) is 0 Å². The highest BCUT2D eigenvalue weighted by Gasteiger charge is 2.11. The Hall–Kier alpha value is -2.28. The van der Waals surface area contributed by atoms with Crippen molar-refractivity contribution in [2.45, 2.75) is 6.92 Å². The first-order valence-corrected chi connectivity index (χ1v) is 6.24. The molecule has 0 heterocycles. The summed E-state index contributed by atoms with van der Waals surface area (Å²) in [4.78, 5) is 24.3. The van der Waals surface area contributed by atoms with Gasteiger partial charge in [-0.2, -0.15) is 0 Å². The summed E-state index contributed by atoms with van der Waals surface area (Å²) in [5.74, 6) is 0. The molecule has 1 rings (SSSR count). The lowest BCUT2D eigenvalue weighted by Gasteiger charge is -2.17. The fourth-order valence-corrected chi connectivity index (χ4v) is 1.44. The van der Waals surface area contributed by atoms with Gasteiger partial charge in [-0.1, -0.05) is 0 Å². The van der Waals surface area contributed by atoms with Crippen LogP contribution in [0.15, 0.2) is 24.3 Å². The molecule has 3 amide bonds. The van der Waals surface area contributed by atoms with Crippen molar-refractivity contribution in [2.24, 2.45) is 0 Å². The third-order valence-electron chi connectivity index (χ3n) is 2.45. The maximum Gasteiger partial charge on any atom is 0.413 e. The number of nitrogens with one attached hydrogen (secondary N) is 2. The van der Waals surface area contributed by atoms with Crippen molar-refractivity contribution in [1.29, 1.82) is 0 Å². The van der Waals surface area contributed by atoms with Crippen LogP contribution < -0.4 is 15.5 Å². The third-order valence-corrected chi connectivity index (χ3v) is 2.45. The third kappa shape index (κ3) is 4.77. The second-order valence-corrected chi connectivity index (χ2v) is 3.91. The van der Waals surface area contributed by atoms with Gasteiger partial charge in [0.15, 0.2) is 0 Å². The Balaban J connectivity index is 2.60. The summed E-state index contributed by atoms with van der Waals surface area (Å²) in [6.07, 6.45) is -0.436. The molecule has 3 N–H and O–H groups in total. The first kappa shape index (κ1) is 15.8. The summed E-state index contributed by atoms with van der Waals surface area (Å²) in [6, 6.07) is 6.33. The zero-order chi connectivity index (χ0) is 15.0. The molecule has 1 aromatic carbocycles. The van der Waals surface area contributed by atoms with E-state index in [1.54, 1.807) is 38.2 Å². The van der Waals surface area contributed by atoms with Gasteiger partial charge in [-0.15, -0.1) is 0 Å². The fourth-order valence-electron chi connectivity index (χ4n) is 1.44. The number of urea groups is 1. The summed E-state index contributed by atoms with van der Waals surface area (Å²) in [5, 5.41) is 13.7. The molecule has 0 saturated heterocycles. The SMILES string of the molecule is CCOC(=O)N(C)c1ccc(NC(=O)NCCO)cc1. The normalized spacial score (nSPS) is 9.75. The number of nitrogens with zero attached hydrogens (tertiary/aromatic N) is 1. The standard InChI is InChI=1S/C13H19N3O4/c1-3-20-13(19)16(2)11-6-4-10(5-7-11)15-12(18)14-8-9-17/h4-7,17H,3,8-9H2,1-2H3,(H2,14,15,18). The second-order valence-electron chi connectivity index (χ2n) is 3.91. The van der Waals surface area contributed by atoms with Crippen molar-refractivity contribution in [3.63, 3.8) is 0 Å². The van der Waals surface area contributed by atoms with Crippen molar-refractivity contribution in [3.8, 4) is 0 Å². The number of amides is 3. The van der Waals surface area contributed by atoms with E-state index in [1.165, 1.54) is 4.90 Å². The molecule has 7 nitrogen and oxygen atoms in total. The topological polar surface area (TPSA) is 90.9 Å². The lowest BCUT2D eigenvalue weighted by atomic mass is 10.2. The predicted molar refractivity (Wildman–Crippen MR) is 76.0 cm³/mol. The molecule has 0 unspecified atom stereocenters. The number of hydrogen-bond acceptors (Lipinski definition) is 4. The molecule has 0 aromatic heterocycles. The minimum atomic E-state index is -0.436. The molecule has 0 fully saturated rings. The van der Waals surface area contributed by atoms with Crippen molar-refractivity contribution in [3.05, 3.63) is 24.3 Å². The molecule has 1 aromatic rings. The van der Waals surface area contributed by atoms with E-state index in [2.05, 4.69) is 10.6 Å². The zero-order valence-corrected chi connectivity index (χ0v) is 11.5. The lowest BCUT2D eigenvalue weighted by molar-refractivity contribution is 0.161. The summed E-state index contributed by atoms with van der Waals surface area (Å²) >= 11 is 0. The Morgan fingerprint density at radius 1 is 1.30 bits per heavy atom. The van der Waals surface area contributed by atoms with E-state index in [1.807, 2.05) is 0 Å². The molecule has 0 aliphatic heterocycles. The summed E-state index contributed by atoms with van der Waals surface area (Å²) in [6.45, 7) is 2.13. The van der Waals surface area contributed by atoms with E-state index in [0.717, 1.165) is 0 Å². The number of aliphatic hydroxyl groups is 1. The van der Waals surface area contributed by atoms with E-state index in [-0.39, 0.29) is 13.2 Å². The highest BCUT2D eigenvalue weighted by Crippen LogP contribution is 2.17. The number of aliphatic hydroxyl groups excluding tert-OH is 1. The predicted octanol–water partition coefficient (Wildman–Crippen LogP) is 1.39. The number of benzene rings is 1. The maximum atomic E-state index is 11.5. The van der Waals surface area contributed by atoms with E-state index in [0.29, 0.717) is 18.0 Å². The average Bonchev–Trinajstić information content (AvgIpc) is 2.45. The van der Waals surface area contributed by atoms with Crippen molar-refractivity contribution in [2.75, 3.05) is 37.0 Å². The monoisotopic (exact) mass is 281 g/mol. The molecule has 0 aliphatic rings. The van der Waals surface area contributed by atoms with Crippen LogP contribution in [-0.2, 0) is 4.74 Å². The fraction of sp³-hybridized carbons (Fsp3) is 0.385. The van der Waals surface area contributed by atoms with Gasteiger partial charge in [0.05, 0.1) is 13.2 Å². The Morgan fingerprint density at radius 2 is 1.95 bits per heavy atom. The summed E-state index contributed by atoms with van der Waals surface area (Å²) < 4.78 is 4.88. The number of carbonyl (C=O) groups excluding carboxylic acids is 2. The molecule has 0 aliphatic carbocycles. The van der Waals surface area contributed by atoms with Gasteiger partial charge in [-0.3, -0.25) is 4.90 Å². The quantitative estimate of drug-likeness (QED) is 0.760. The minimum Gasteiger partial charge on any atom is -0.449 e. The highest BCUT2D eigenvalue weighted by atomic mass is 16.6. The average molecular weight is 281 g/mol. The van der Waals surface area contributed by atoms with Crippen molar-refractivity contribution in [1.82, 2.24) is 5.32 Å². The number of hydrogen-bond donors (Lipinski definition) is 3. The molecule has 0 spiro atoms. The Bertz CT molecular complexity index is 447. The Morgan fingerprint density at radius 3 is 2.50 bits per heavy atom. The van der Waals surface area contributed by atoms with Crippen LogP contribution in [0.25, 0.3) is 0 Å². The molecule has 0 atom stereocenters. The molecule has 0 bridgehead atoms. The van der Waals surface area contributed by atoms with Crippen LogP contribution in [0.3, 0.4) is 0 Å². The number of rotatable bonds is 5. The van der Waals surface area contributed by atoms with E-state index >= 15 is 0 Å². The Labute approximate surface area is 117 Å². The van der Waals surface area contributed by atoms with Gasteiger partial charge >= 0.3 is 12.1 Å². The van der Waals surface area contributed by atoms with Gasteiger partial charge in [0.2, 0.25) is 0 Å². The zero-order valence-electron chi connectivity index (χ0n) is 11.5. The Kier molecular flexibility index (Phi) is 6.31. The number of anilines is 2. The number of ether oxygens (including phenoxy) is 1. The van der Waals surface area contributed by atoms with Gasteiger partial charge in [-0.25, -0.2) is 9.59 Å². The van der Waals surface area contributed by atoms with E-state index < -0.39 is 12.1 Å². The summed E-state index contributed by atoms with van der Waals surface area (Å²) in [5.41, 5.74) is 1.24. The maximum absolute atomic E-state index is 11.5. The minimum absolute atomic E-state index is 0.114. The van der Waals surface area contributed by atoms with Crippen LogP contribution >= 0.6 is 0 Å². The molecule has 20 heavy (non-hydrogen) atoms. The van der Waals surface area contributed by atoms with E-state index in [4.69, 9.17) is 9.84 Å². The molecule has 0 saturated carbocycles. The van der Waals surface area contributed by atoms with Gasteiger partial charge in [-0.05, 0) is 31.2 Å². The van der Waals surface area contributed by atoms with Crippen LogP contribution in [0.5, 0.6) is 0 Å². The smallest absolute Gasteiger partial charge is 0.413 e. The van der Waals surface area contributed by atoms with E-state index in [9.17, 15) is 9.59 Å². The number of carbonyl (C=O) groups is 2. The molecular weight excluding hydrogens is 262 g/mol. The first-order chi connectivity index (χ1) is 9.58. The second kappa shape index (κ2) is 8.00.